The number of aromatic amines is 1. The summed E-state index contributed by atoms with van der Waals surface area (Å²) in [6.07, 6.45) is 8.63. The number of anilines is 1. The summed E-state index contributed by atoms with van der Waals surface area (Å²) in [5, 5.41) is 4.50. The molecule has 0 unspecified atom stereocenters. The van der Waals surface area contributed by atoms with Crippen LogP contribution in [0, 0.1) is 11.7 Å². The number of Topliss-reactive ketones (excluding diaryl/α,β-unsaturated/α-hetero) is 1. The van der Waals surface area contributed by atoms with Gasteiger partial charge in [0.05, 0.1) is 11.2 Å². The molecule has 158 valence electrons. The Bertz CT molecular complexity index is 1060. The number of pyridine rings is 1. The van der Waals surface area contributed by atoms with Gasteiger partial charge >= 0.3 is 0 Å². The SMILES string of the molecule is COCC(=O)C[C@@H]1CCC[C@H](Nc2nc(-c3c[nH]c4ncc(Cl)cc34)ncc2F)C1. The second kappa shape index (κ2) is 9.06. The smallest absolute Gasteiger partial charge is 0.183 e. The largest absolute Gasteiger partial charge is 0.377 e. The molecule has 3 aromatic heterocycles. The number of carbonyl (C=O) groups is 1. The molecular weight excluding hydrogens is 409 g/mol. The number of nitrogens with zero attached hydrogens (tertiary/aromatic N) is 3. The lowest BCUT2D eigenvalue weighted by atomic mass is 9.83. The lowest BCUT2D eigenvalue weighted by Gasteiger charge is -2.29. The number of aromatic nitrogens is 4. The van der Waals surface area contributed by atoms with Crippen LogP contribution in [-0.2, 0) is 9.53 Å². The van der Waals surface area contributed by atoms with Gasteiger partial charge in [0.25, 0.3) is 0 Å². The molecule has 0 aliphatic heterocycles. The Morgan fingerprint density at radius 3 is 3.07 bits per heavy atom. The molecule has 2 N–H and O–H groups in total. The van der Waals surface area contributed by atoms with Crippen LogP contribution in [0.3, 0.4) is 0 Å². The highest BCUT2D eigenvalue weighted by atomic mass is 35.5. The third kappa shape index (κ3) is 4.60. The van der Waals surface area contributed by atoms with E-state index in [0.29, 0.717) is 28.5 Å². The van der Waals surface area contributed by atoms with Gasteiger partial charge in [0.1, 0.15) is 12.3 Å². The number of hydrogen-bond donors (Lipinski definition) is 2. The molecule has 0 spiro atoms. The summed E-state index contributed by atoms with van der Waals surface area (Å²) >= 11 is 6.07. The molecule has 1 aliphatic carbocycles. The van der Waals surface area contributed by atoms with Crippen molar-refractivity contribution in [3.8, 4) is 11.4 Å². The highest BCUT2D eigenvalue weighted by molar-refractivity contribution is 6.31. The van der Waals surface area contributed by atoms with Crippen LogP contribution in [0.15, 0.2) is 24.7 Å². The monoisotopic (exact) mass is 431 g/mol. The van der Waals surface area contributed by atoms with Crippen LogP contribution < -0.4 is 5.32 Å². The fourth-order valence-corrected chi connectivity index (χ4v) is 4.26. The Morgan fingerprint density at radius 1 is 1.37 bits per heavy atom. The summed E-state index contributed by atoms with van der Waals surface area (Å²) in [4.78, 5) is 27.8. The minimum atomic E-state index is -0.507. The number of methoxy groups -OCH3 is 1. The van der Waals surface area contributed by atoms with Crippen molar-refractivity contribution in [2.24, 2.45) is 5.92 Å². The molecule has 0 aromatic carbocycles. The average molecular weight is 432 g/mol. The Hall–Kier alpha value is -2.58. The van der Waals surface area contributed by atoms with Crippen LogP contribution >= 0.6 is 11.6 Å². The van der Waals surface area contributed by atoms with Gasteiger partial charge in [-0.25, -0.2) is 19.3 Å². The van der Waals surface area contributed by atoms with Crippen molar-refractivity contribution < 1.29 is 13.9 Å². The van der Waals surface area contributed by atoms with Crippen LogP contribution in [0.5, 0.6) is 0 Å². The quantitative estimate of drug-likeness (QED) is 0.576. The Balaban J connectivity index is 1.52. The maximum absolute atomic E-state index is 14.5. The predicted octanol–water partition coefficient (Wildman–Crippen LogP) is 4.39. The van der Waals surface area contributed by atoms with Crippen molar-refractivity contribution in [2.45, 2.75) is 38.1 Å². The van der Waals surface area contributed by atoms with E-state index in [0.717, 1.165) is 31.1 Å². The van der Waals surface area contributed by atoms with Crippen LogP contribution in [0.25, 0.3) is 22.4 Å². The highest BCUT2D eigenvalue weighted by Crippen LogP contribution is 2.31. The van der Waals surface area contributed by atoms with E-state index in [4.69, 9.17) is 16.3 Å². The Labute approximate surface area is 178 Å². The number of rotatable bonds is 7. The van der Waals surface area contributed by atoms with E-state index in [-0.39, 0.29) is 30.2 Å². The zero-order valence-corrected chi connectivity index (χ0v) is 17.4. The van der Waals surface area contributed by atoms with Crippen molar-refractivity contribution in [2.75, 3.05) is 19.0 Å². The molecule has 3 heterocycles. The van der Waals surface area contributed by atoms with Gasteiger partial charge in [-0.1, -0.05) is 18.0 Å². The summed E-state index contributed by atoms with van der Waals surface area (Å²) in [5.41, 5.74) is 1.36. The summed E-state index contributed by atoms with van der Waals surface area (Å²) in [7, 11) is 1.52. The first-order chi connectivity index (χ1) is 14.5. The van der Waals surface area contributed by atoms with Gasteiger partial charge in [-0.05, 0) is 31.2 Å². The first-order valence-corrected chi connectivity index (χ1v) is 10.3. The van der Waals surface area contributed by atoms with Crippen LogP contribution in [-0.4, -0.2) is 45.5 Å². The van der Waals surface area contributed by atoms with E-state index in [2.05, 4.69) is 25.3 Å². The van der Waals surface area contributed by atoms with Gasteiger partial charge in [-0.15, -0.1) is 0 Å². The van der Waals surface area contributed by atoms with Crippen molar-refractivity contribution in [1.29, 1.82) is 0 Å². The van der Waals surface area contributed by atoms with E-state index in [1.54, 1.807) is 18.5 Å². The van der Waals surface area contributed by atoms with Crippen LogP contribution in [0.4, 0.5) is 10.2 Å². The van der Waals surface area contributed by atoms with Crippen LogP contribution in [0.1, 0.15) is 32.1 Å². The minimum Gasteiger partial charge on any atom is -0.377 e. The zero-order valence-electron chi connectivity index (χ0n) is 16.6. The number of carbonyl (C=O) groups excluding carboxylic acids is 1. The molecule has 30 heavy (non-hydrogen) atoms. The lowest BCUT2D eigenvalue weighted by Crippen LogP contribution is -2.29. The van der Waals surface area contributed by atoms with Crippen molar-refractivity contribution in [1.82, 2.24) is 19.9 Å². The fourth-order valence-electron chi connectivity index (χ4n) is 4.10. The number of fused-ring (bicyclic) bond motifs is 1. The van der Waals surface area contributed by atoms with E-state index in [1.807, 2.05) is 0 Å². The van der Waals surface area contributed by atoms with Gasteiger partial charge in [0.2, 0.25) is 0 Å². The minimum absolute atomic E-state index is 0.0513. The number of ketones is 1. The van der Waals surface area contributed by atoms with Gasteiger partial charge < -0.3 is 15.0 Å². The predicted molar refractivity (Wildman–Crippen MR) is 113 cm³/mol. The van der Waals surface area contributed by atoms with Crippen molar-refractivity contribution in [3.05, 3.63) is 35.5 Å². The number of nitrogens with one attached hydrogen (secondary N) is 2. The molecule has 0 bridgehead atoms. The molecule has 1 saturated carbocycles. The average Bonchev–Trinajstić information content (AvgIpc) is 3.13. The molecule has 0 saturated heterocycles. The fraction of sp³-hybridized carbons (Fsp3) is 0.429. The van der Waals surface area contributed by atoms with E-state index < -0.39 is 5.82 Å². The molecule has 7 nitrogen and oxygen atoms in total. The van der Waals surface area contributed by atoms with Crippen LogP contribution in [0.2, 0.25) is 5.02 Å². The lowest BCUT2D eigenvalue weighted by molar-refractivity contribution is -0.123. The maximum Gasteiger partial charge on any atom is 0.183 e. The third-order valence-corrected chi connectivity index (χ3v) is 5.63. The first-order valence-electron chi connectivity index (χ1n) is 9.96. The summed E-state index contributed by atoms with van der Waals surface area (Å²) in [5.74, 6) is 0.415. The Kier molecular flexibility index (Phi) is 6.24. The molecule has 0 amide bonds. The molecule has 3 aromatic rings. The summed E-state index contributed by atoms with van der Waals surface area (Å²) in [6.45, 7) is 0.141. The van der Waals surface area contributed by atoms with Crippen molar-refractivity contribution in [3.63, 3.8) is 0 Å². The van der Waals surface area contributed by atoms with E-state index in [9.17, 15) is 9.18 Å². The number of ether oxygens (including phenoxy) is 1. The normalized spacial score (nSPS) is 19.2. The molecule has 4 rings (SSSR count). The van der Waals surface area contributed by atoms with Crippen molar-refractivity contribution >= 4 is 34.2 Å². The van der Waals surface area contributed by atoms with Gasteiger partial charge in [-0.3, -0.25) is 4.79 Å². The zero-order chi connectivity index (χ0) is 21.1. The second-order valence-electron chi connectivity index (χ2n) is 7.69. The molecule has 1 aliphatic rings. The molecular formula is C21H23ClFN5O2. The van der Waals surface area contributed by atoms with Gasteiger partial charge in [0, 0.05) is 42.9 Å². The molecule has 0 radical (unpaired) electrons. The highest BCUT2D eigenvalue weighted by Gasteiger charge is 2.25. The third-order valence-electron chi connectivity index (χ3n) is 5.43. The second-order valence-corrected chi connectivity index (χ2v) is 8.13. The summed E-state index contributed by atoms with van der Waals surface area (Å²) < 4.78 is 19.4. The van der Waals surface area contributed by atoms with Gasteiger partial charge in [0.15, 0.2) is 23.2 Å². The molecule has 9 heteroatoms. The number of H-pyrrole nitrogens is 1. The maximum atomic E-state index is 14.5. The molecule has 2 atom stereocenters. The number of halogens is 2. The van der Waals surface area contributed by atoms with Gasteiger partial charge in [-0.2, -0.15) is 0 Å². The van der Waals surface area contributed by atoms with E-state index in [1.165, 1.54) is 13.3 Å². The van der Waals surface area contributed by atoms with E-state index >= 15 is 0 Å². The summed E-state index contributed by atoms with van der Waals surface area (Å²) in [6, 6.07) is 1.83. The topological polar surface area (TPSA) is 92.8 Å². The number of hydrogen-bond acceptors (Lipinski definition) is 6. The first kappa shape index (κ1) is 20.7. The Morgan fingerprint density at radius 2 is 2.23 bits per heavy atom. The standard InChI is InChI=1S/C21H23ClFN5O2/c1-30-11-15(29)6-12-3-2-4-14(5-12)27-21-18(23)10-26-20(28-21)17-9-25-19-16(17)7-13(22)8-24-19/h7-10,12,14H,2-6,11H2,1H3,(H,24,25)(H,26,27,28)/t12-,14+/m1/s1. The molecule has 1 fully saturated rings.